The van der Waals surface area contributed by atoms with Gasteiger partial charge in [-0.05, 0) is 31.2 Å². The van der Waals surface area contributed by atoms with Crippen LogP contribution in [0.4, 0.5) is 0 Å². The zero-order valence-corrected chi connectivity index (χ0v) is 12.8. The molecule has 1 unspecified atom stereocenters. The van der Waals surface area contributed by atoms with E-state index in [9.17, 15) is 0 Å². The molecule has 0 aliphatic rings. The number of H-pyrrole nitrogens is 1. The molecule has 0 amide bonds. The summed E-state index contributed by atoms with van der Waals surface area (Å²) in [6.07, 6.45) is 4.48. The molecule has 104 valence electrons. The van der Waals surface area contributed by atoms with Crippen molar-refractivity contribution in [2.75, 3.05) is 6.54 Å². The summed E-state index contributed by atoms with van der Waals surface area (Å²) in [6.45, 7) is 2.99. The number of rotatable bonds is 5. The number of fused-ring (bicyclic) bond motifs is 1. The van der Waals surface area contributed by atoms with Gasteiger partial charge in [0, 0.05) is 34.7 Å². The number of furan rings is 1. The Balaban J connectivity index is 1.64. The molecule has 0 spiro atoms. The van der Waals surface area contributed by atoms with Gasteiger partial charge in [0.2, 0.25) is 0 Å². The third-order valence-corrected chi connectivity index (χ3v) is 3.82. The second-order valence-corrected chi connectivity index (χ2v) is 5.75. The van der Waals surface area contributed by atoms with Crippen molar-refractivity contribution in [3.8, 4) is 0 Å². The molecule has 2 N–H and O–H groups in total. The van der Waals surface area contributed by atoms with E-state index in [1.165, 1.54) is 0 Å². The number of hydrogen-bond donors (Lipinski definition) is 2. The van der Waals surface area contributed by atoms with Crippen LogP contribution < -0.4 is 5.32 Å². The highest BCUT2D eigenvalue weighted by atomic mass is 79.9. The average Bonchev–Trinajstić information content (AvgIpc) is 3.06. The highest BCUT2D eigenvalue weighted by Gasteiger charge is 2.11. The van der Waals surface area contributed by atoms with E-state index in [2.05, 4.69) is 50.3 Å². The fraction of sp³-hybridized carbons (Fsp3) is 0.267. The summed E-state index contributed by atoms with van der Waals surface area (Å²) in [7, 11) is 0. The molecule has 5 heteroatoms. The number of halogens is 1. The van der Waals surface area contributed by atoms with Crippen LogP contribution in [0.2, 0.25) is 0 Å². The first-order valence-electron chi connectivity index (χ1n) is 6.62. The van der Waals surface area contributed by atoms with Crippen molar-refractivity contribution in [3.05, 3.63) is 52.7 Å². The summed E-state index contributed by atoms with van der Waals surface area (Å²) in [5.41, 5.74) is 2.06. The molecule has 20 heavy (non-hydrogen) atoms. The zero-order valence-electron chi connectivity index (χ0n) is 11.2. The Morgan fingerprint density at radius 3 is 3.10 bits per heavy atom. The van der Waals surface area contributed by atoms with E-state index < -0.39 is 0 Å². The van der Waals surface area contributed by atoms with Gasteiger partial charge >= 0.3 is 0 Å². The molecular weight excluding hydrogens is 318 g/mol. The first-order chi connectivity index (χ1) is 9.72. The van der Waals surface area contributed by atoms with Crippen LogP contribution in [0.1, 0.15) is 24.4 Å². The van der Waals surface area contributed by atoms with Crippen molar-refractivity contribution >= 4 is 26.9 Å². The van der Waals surface area contributed by atoms with E-state index >= 15 is 0 Å². The molecule has 3 aromatic rings. The first-order valence-corrected chi connectivity index (χ1v) is 7.41. The molecule has 0 saturated heterocycles. The molecule has 0 aliphatic heterocycles. The van der Waals surface area contributed by atoms with Gasteiger partial charge in [-0.25, -0.2) is 4.98 Å². The van der Waals surface area contributed by atoms with Crippen molar-refractivity contribution in [3.63, 3.8) is 0 Å². The third-order valence-electron chi connectivity index (χ3n) is 3.32. The first kappa shape index (κ1) is 13.4. The number of nitrogens with zero attached hydrogens (tertiary/aromatic N) is 1. The lowest BCUT2D eigenvalue weighted by Gasteiger charge is -2.10. The van der Waals surface area contributed by atoms with Gasteiger partial charge in [-0.3, -0.25) is 0 Å². The van der Waals surface area contributed by atoms with Crippen LogP contribution in [0, 0.1) is 0 Å². The van der Waals surface area contributed by atoms with E-state index in [4.69, 9.17) is 4.42 Å². The number of aromatic nitrogens is 2. The second kappa shape index (κ2) is 5.81. The Bertz CT molecular complexity index is 690. The molecule has 0 bridgehead atoms. The molecule has 2 heterocycles. The topological polar surface area (TPSA) is 53.9 Å². The minimum atomic E-state index is 0.184. The fourth-order valence-electron chi connectivity index (χ4n) is 2.19. The summed E-state index contributed by atoms with van der Waals surface area (Å²) >= 11 is 3.48. The predicted molar refractivity (Wildman–Crippen MR) is 82.6 cm³/mol. The van der Waals surface area contributed by atoms with Crippen molar-refractivity contribution < 1.29 is 4.42 Å². The maximum absolute atomic E-state index is 5.87. The second-order valence-electron chi connectivity index (χ2n) is 4.83. The van der Waals surface area contributed by atoms with Crippen LogP contribution in [-0.4, -0.2) is 16.5 Å². The van der Waals surface area contributed by atoms with Crippen molar-refractivity contribution in [1.29, 1.82) is 0 Å². The van der Waals surface area contributed by atoms with E-state index in [-0.39, 0.29) is 6.04 Å². The van der Waals surface area contributed by atoms with Crippen LogP contribution in [0.15, 0.2) is 45.7 Å². The quantitative estimate of drug-likeness (QED) is 0.746. The average molecular weight is 334 g/mol. The number of aromatic amines is 1. The van der Waals surface area contributed by atoms with E-state index in [0.717, 1.165) is 39.9 Å². The van der Waals surface area contributed by atoms with Crippen molar-refractivity contribution in [1.82, 2.24) is 15.3 Å². The summed E-state index contributed by atoms with van der Waals surface area (Å²) in [4.78, 5) is 7.11. The van der Waals surface area contributed by atoms with Gasteiger partial charge in [-0.2, -0.15) is 0 Å². The Hall–Kier alpha value is -1.59. The fourth-order valence-corrected chi connectivity index (χ4v) is 2.57. The summed E-state index contributed by atoms with van der Waals surface area (Å²) < 4.78 is 6.94. The van der Waals surface area contributed by atoms with Crippen LogP contribution >= 0.6 is 15.9 Å². The van der Waals surface area contributed by atoms with Crippen molar-refractivity contribution in [2.24, 2.45) is 0 Å². The maximum atomic E-state index is 5.87. The minimum Gasteiger partial charge on any atom is -0.459 e. The number of hydrogen-bond acceptors (Lipinski definition) is 3. The Morgan fingerprint density at radius 2 is 2.30 bits per heavy atom. The van der Waals surface area contributed by atoms with Crippen molar-refractivity contribution in [2.45, 2.75) is 19.4 Å². The van der Waals surface area contributed by atoms with Gasteiger partial charge in [-0.15, -0.1) is 0 Å². The lowest BCUT2D eigenvalue weighted by atomic mass is 10.2. The largest absolute Gasteiger partial charge is 0.459 e. The van der Waals surface area contributed by atoms with Gasteiger partial charge in [0.05, 0.1) is 12.4 Å². The molecule has 0 saturated carbocycles. The third kappa shape index (κ3) is 2.94. The molecule has 0 fully saturated rings. The minimum absolute atomic E-state index is 0.184. The SMILES string of the molecule is CC(NCCc1cnc[nH]1)c1cc2cc(Br)ccc2o1. The molecular formula is C15H16BrN3O. The standard InChI is InChI=1S/C15H16BrN3O/c1-10(18-5-4-13-8-17-9-19-13)15-7-11-6-12(16)2-3-14(11)20-15/h2-3,6-10,18H,4-5H2,1H3,(H,17,19). The molecule has 1 aromatic carbocycles. The molecule has 0 radical (unpaired) electrons. The van der Waals surface area contributed by atoms with Gasteiger partial charge in [-0.1, -0.05) is 15.9 Å². The summed E-state index contributed by atoms with van der Waals surface area (Å²) in [5.74, 6) is 0.961. The van der Waals surface area contributed by atoms with Crippen LogP contribution in [0.3, 0.4) is 0 Å². The van der Waals surface area contributed by atoms with Gasteiger partial charge in [0.25, 0.3) is 0 Å². The molecule has 2 aromatic heterocycles. The van der Waals surface area contributed by atoms with Crippen LogP contribution in [0.25, 0.3) is 11.0 Å². The highest BCUT2D eigenvalue weighted by molar-refractivity contribution is 9.10. The molecule has 0 aliphatic carbocycles. The molecule has 3 rings (SSSR count). The molecule has 4 nitrogen and oxygen atoms in total. The summed E-state index contributed by atoms with van der Waals surface area (Å²) in [6, 6.07) is 8.32. The molecule has 1 atom stereocenters. The smallest absolute Gasteiger partial charge is 0.134 e. The van der Waals surface area contributed by atoms with E-state index in [0.29, 0.717) is 0 Å². The zero-order chi connectivity index (χ0) is 13.9. The lowest BCUT2D eigenvalue weighted by Crippen LogP contribution is -2.21. The van der Waals surface area contributed by atoms with E-state index in [1.807, 2.05) is 18.3 Å². The Labute approximate surface area is 125 Å². The highest BCUT2D eigenvalue weighted by Crippen LogP contribution is 2.26. The monoisotopic (exact) mass is 333 g/mol. The van der Waals surface area contributed by atoms with Gasteiger partial charge in [0.15, 0.2) is 0 Å². The Morgan fingerprint density at radius 1 is 1.40 bits per heavy atom. The van der Waals surface area contributed by atoms with Crippen LogP contribution in [-0.2, 0) is 6.42 Å². The van der Waals surface area contributed by atoms with Gasteiger partial charge in [0.1, 0.15) is 11.3 Å². The van der Waals surface area contributed by atoms with Gasteiger partial charge < -0.3 is 14.7 Å². The number of benzene rings is 1. The summed E-state index contributed by atoms with van der Waals surface area (Å²) in [5, 5.41) is 4.58. The number of imidazole rings is 1. The normalized spacial score (nSPS) is 12.9. The van der Waals surface area contributed by atoms with E-state index in [1.54, 1.807) is 6.33 Å². The van der Waals surface area contributed by atoms with Crippen LogP contribution in [0.5, 0.6) is 0 Å². The lowest BCUT2D eigenvalue weighted by molar-refractivity contribution is 0.453. The number of nitrogens with one attached hydrogen (secondary N) is 2. The maximum Gasteiger partial charge on any atom is 0.134 e. The predicted octanol–water partition coefficient (Wildman–Crippen LogP) is 3.81. The Kier molecular flexibility index (Phi) is 3.89.